The van der Waals surface area contributed by atoms with Gasteiger partial charge >= 0.3 is 0 Å². The molecule has 0 amide bonds. The lowest BCUT2D eigenvalue weighted by Gasteiger charge is -2.31. The second kappa shape index (κ2) is 3.59. The van der Waals surface area contributed by atoms with Crippen molar-refractivity contribution in [1.29, 1.82) is 0 Å². The summed E-state index contributed by atoms with van der Waals surface area (Å²) in [6.45, 7) is 2.65. The number of fused-ring (bicyclic) bond motifs is 1. The van der Waals surface area contributed by atoms with Crippen LogP contribution in [0.15, 0.2) is 29.2 Å². The zero-order valence-electron chi connectivity index (χ0n) is 8.55. The second-order valence-corrected chi connectivity index (χ2v) is 5.51. The lowest BCUT2D eigenvalue weighted by molar-refractivity contribution is 0.383. The Morgan fingerprint density at radius 3 is 2.80 bits per heavy atom. The molecular formula is C10H14N2O2S. The van der Waals surface area contributed by atoms with E-state index in [0.717, 1.165) is 5.56 Å². The predicted molar refractivity (Wildman–Crippen MR) is 57.8 cm³/mol. The Morgan fingerprint density at radius 2 is 2.13 bits per heavy atom. The lowest BCUT2D eigenvalue weighted by Crippen LogP contribution is -2.42. The Hall–Kier alpha value is -0.910. The summed E-state index contributed by atoms with van der Waals surface area (Å²) in [6.07, 6.45) is 0. The molecule has 0 fully saturated rings. The standard InChI is InChI=1S/C10H14N2O2S/c1-2-12-7-9(11)8-5-3-4-6-10(8)15(12,13)14/h3-6,9H,2,7,11H2,1H3. The van der Waals surface area contributed by atoms with Crippen LogP contribution in [0, 0.1) is 0 Å². The molecule has 2 rings (SSSR count). The minimum absolute atomic E-state index is 0.218. The largest absolute Gasteiger partial charge is 0.323 e. The highest BCUT2D eigenvalue weighted by molar-refractivity contribution is 7.89. The van der Waals surface area contributed by atoms with Crippen molar-refractivity contribution in [2.24, 2.45) is 5.73 Å². The Labute approximate surface area is 89.7 Å². The van der Waals surface area contributed by atoms with E-state index in [1.54, 1.807) is 18.2 Å². The van der Waals surface area contributed by atoms with Crippen LogP contribution in [0.2, 0.25) is 0 Å². The highest BCUT2D eigenvalue weighted by Crippen LogP contribution is 2.30. The van der Waals surface area contributed by atoms with Crippen LogP contribution in [0.4, 0.5) is 0 Å². The van der Waals surface area contributed by atoms with E-state index in [1.165, 1.54) is 4.31 Å². The van der Waals surface area contributed by atoms with Gasteiger partial charge in [-0.2, -0.15) is 4.31 Å². The summed E-state index contributed by atoms with van der Waals surface area (Å²) in [5, 5.41) is 0. The third-order valence-electron chi connectivity index (χ3n) is 2.69. The van der Waals surface area contributed by atoms with Crippen molar-refractivity contribution in [3.63, 3.8) is 0 Å². The summed E-state index contributed by atoms with van der Waals surface area (Å²) in [6, 6.07) is 6.72. The summed E-state index contributed by atoms with van der Waals surface area (Å²) < 4.78 is 25.5. The summed E-state index contributed by atoms with van der Waals surface area (Å²) in [4.78, 5) is 0.352. The molecule has 0 saturated carbocycles. The van der Waals surface area contributed by atoms with Crippen LogP contribution in [0.5, 0.6) is 0 Å². The minimum atomic E-state index is -3.31. The third kappa shape index (κ3) is 1.56. The van der Waals surface area contributed by atoms with Gasteiger partial charge in [0.05, 0.1) is 4.90 Å². The van der Waals surface area contributed by atoms with Gasteiger partial charge in [0.2, 0.25) is 10.0 Å². The van der Waals surface area contributed by atoms with Crippen LogP contribution in [0.1, 0.15) is 18.5 Å². The maximum Gasteiger partial charge on any atom is 0.243 e. The van der Waals surface area contributed by atoms with Crippen LogP contribution in [0.25, 0.3) is 0 Å². The highest BCUT2D eigenvalue weighted by Gasteiger charge is 2.33. The first-order chi connectivity index (χ1) is 7.07. The zero-order chi connectivity index (χ0) is 11.1. The van der Waals surface area contributed by atoms with Gasteiger partial charge in [0.25, 0.3) is 0 Å². The van der Waals surface area contributed by atoms with Crippen LogP contribution in [-0.4, -0.2) is 25.8 Å². The number of nitrogens with two attached hydrogens (primary N) is 1. The molecule has 1 aromatic carbocycles. The van der Waals surface area contributed by atoms with Gasteiger partial charge < -0.3 is 5.73 Å². The number of nitrogens with zero attached hydrogens (tertiary/aromatic N) is 1. The van der Waals surface area contributed by atoms with Crippen molar-refractivity contribution in [3.05, 3.63) is 29.8 Å². The molecule has 1 aliphatic heterocycles. The molecule has 0 radical (unpaired) electrons. The van der Waals surface area contributed by atoms with Gasteiger partial charge in [0, 0.05) is 19.1 Å². The average molecular weight is 226 g/mol. The van der Waals surface area contributed by atoms with E-state index in [9.17, 15) is 8.42 Å². The number of benzene rings is 1. The molecule has 1 atom stereocenters. The van der Waals surface area contributed by atoms with Crippen molar-refractivity contribution in [2.45, 2.75) is 17.9 Å². The zero-order valence-corrected chi connectivity index (χ0v) is 9.37. The predicted octanol–water partition coefficient (Wildman–Crippen LogP) is 0.711. The van der Waals surface area contributed by atoms with Crippen molar-refractivity contribution in [1.82, 2.24) is 4.31 Å². The summed E-state index contributed by atoms with van der Waals surface area (Å²) in [5.74, 6) is 0. The fraction of sp³-hybridized carbons (Fsp3) is 0.400. The summed E-state index contributed by atoms with van der Waals surface area (Å²) in [5.41, 5.74) is 6.65. The van der Waals surface area contributed by atoms with Gasteiger partial charge in [0.1, 0.15) is 0 Å². The smallest absolute Gasteiger partial charge is 0.243 e. The van der Waals surface area contributed by atoms with Gasteiger partial charge in [0.15, 0.2) is 0 Å². The van der Waals surface area contributed by atoms with E-state index < -0.39 is 10.0 Å². The number of hydrogen-bond donors (Lipinski definition) is 1. The van der Waals surface area contributed by atoms with Gasteiger partial charge in [-0.3, -0.25) is 0 Å². The summed E-state index contributed by atoms with van der Waals surface area (Å²) >= 11 is 0. The monoisotopic (exact) mass is 226 g/mol. The van der Waals surface area contributed by atoms with E-state index >= 15 is 0 Å². The van der Waals surface area contributed by atoms with Crippen LogP contribution >= 0.6 is 0 Å². The quantitative estimate of drug-likeness (QED) is 0.767. The first-order valence-electron chi connectivity index (χ1n) is 4.92. The SMILES string of the molecule is CCN1CC(N)c2ccccc2S1(=O)=O. The molecule has 0 bridgehead atoms. The fourth-order valence-corrected chi connectivity index (χ4v) is 3.62. The molecule has 0 spiro atoms. The Bertz CT molecular complexity index is 470. The molecule has 5 heteroatoms. The molecule has 82 valence electrons. The van der Waals surface area contributed by atoms with Crippen molar-refractivity contribution >= 4 is 10.0 Å². The van der Waals surface area contributed by atoms with Crippen molar-refractivity contribution in [3.8, 4) is 0 Å². The maximum absolute atomic E-state index is 12.1. The molecule has 4 nitrogen and oxygen atoms in total. The van der Waals surface area contributed by atoms with E-state index in [-0.39, 0.29) is 6.04 Å². The molecule has 1 unspecified atom stereocenters. The average Bonchev–Trinajstić information content (AvgIpc) is 2.24. The van der Waals surface area contributed by atoms with Crippen LogP contribution in [0.3, 0.4) is 0 Å². The topological polar surface area (TPSA) is 63.4 Å². The second-order valence-electron chi connectivity index (χ2n) is 3.60. The van der Waals surface area contributed by atoms with E-state index in [4.69, 9.17) is 5.73 Å². The molecular weight excluding hydrogens is 212 g/mol. The van der Waals surface area contributed by atoms with Gasteiger partial charge in [-0.15, -0.1) is 0 Å². The van der Waals surface area contributed by atoms with Crippen molar-refractivity contribution in [2.75, 3.05) is 13.1 Å². The van der Waals surface area contributed by atoms with Crippen LogP contribution < -0.4 is 5.73 Å². The molecule has 1 aromatic rings. The molecule has 2 N–H and O–H groups in total. The van der Waals surface area contributed by atoms with Gasteiger partial charge in [-0.1, -0.05) is 25.1 Å². The molecule has 15 heavy (non-hydrogen) atoms. The molecule has 1 aliphatic rings. The molecule has 0 aliphatic carbocycles. The molecule has 0 aromatic heterocycles. The first-order valence-corrected chi connectivity index (χ1v) is 6.36. The van der Waals surface area contributed by atoms with E-state index in [2.05, 4.69) is 0 Å². The highest BCUT2D eigenvalue weighted by atomic mass is 32.2. The van der Waals surface area contributed by atoms with Gasteiger partial charge in [-0.25, -0.2) is 8.42 Å². The van der Waals surface area contributed by atoms with E-state index in [0.29, 0.717) is 18.0 Å². The number of hydrogen-bond acceptors (Lipinski definition) is 3. The minimum Gasteiger partial charge on any atom is -0.323 e. The fourth-order valence-electron chi connectivity index (χ4n) is 1.88. The Kier molecular flexibility index (Phi) is 2.54. The lowest BCUT2D eigenvalue weighted by atomic mass is 10.1. The summed E-state index contributed by atoms with van der Waals surface area (Å²) in [7, 11) is -3.31. The Balaban J connectivity index is 2.63. The maximum atomic E-state index is 12.1. The van der Waals surface area contributed by atoms with Gasteiger partial charge in [-0.05, 0) is 11.6 Å². The number of likely N-dealkylation sites (N-methyl/N-ethyl adjacent to an activating group) is 1. The number of rotatable bonds is 1. The normalized spacial score (nSPS) is 24.8. The van der Waals surface area contributed by atoms with E-state index in [1.807, 2.05) is 13.0 Å². The third-order valence-corrected chi connectivity index (χ3v) is 4.70. The first kappa shape index (κ1) is 10.6. The number of sulfonamides is 1. The molecule has 1 heterocycles. The molecule has 0 saturated heterocycles. The van der Waals surface area contributed by atoms with Crippen LogP contribution in [-0.2, 0) is 10.0 Å². The Morgan fingerprint density at radius 1 is 1.47 bits per heavy atom. The van der Waals surface area contributed by atoms with Crippen molar-refractivity contribution < 1.29 is 8.42 Å².